The number of hydrogen-bond donors (Lipinski definition) is 5. The number of aliphatic hydroxyl groups is 1. The molecule has 0 aliphatic carbocycles. The number of aryl methyl sites for hydroxylation is 1. The Balaban J connectivity index is 2.97. The summed E-state index contributed by atoms with van der Waals surface area (Å²) in [5.41, 5.74) is 0.826. The van der Waals surface area contributed by atoms with E-state index in [4.69, 9.17) is 0 Å². The van der Waals surface area contributed by atoms with E-state index in [2.05, 4.69) is 26.3 Å². The normalized spacial score (nSPS) is 25.9. The van der Waals surface area contributed by atoms with Gasteiger partial charge in [0.2, 0.25) is 65.0 Å². The molecule has 1 aromatic rings. The Bertz CT molecular complexity index is 2580. The standard InChI is InChI=1S/C66H114N12O12/c1-24-47-62(86)72(17)36-52(79)73(18)48(32-37(2)3)59(83)71-53(41(10)11)65(89)74(19)49(33-38(4)5)58(82)68-44(15)57(81)69-45(16)61(85)75(20)50(34-39(6)7)63(87)76(21)51(35-40(8)9)64(88)77(22)54(42(12)13)66(90)78(23)55(60(84)70-47)56(80)43(14)28-27-30-46-29-25-26-31-67-46/h25-26,29,31,37-45,47-51,53-56,80H,24,27-28,30,32-36H2,1-23H3,(H,68,82)(H,69,81)(H,70,84)(H,71,83)/t43-,44+,45-,47+,48+,49+,50+,51+,53+,54+,55-,56-/m1/s1. The van der Waals surface area contributed by atoms with Crippen LogP contribution in [0.15, 0.2) is 24.4 Å². The number of aliphatic hydroxyl groups excluding tert-OH is 1. The van der Waals surface area contributed by atoms with E-state index in [-0.39, 0.29) is 55.8 Å². The lowest BCUT2D eigenvalue weighted by atomic mass is 9.90. The summed E-state index contributed by atoms with van der Waals surface area (Å²) in [5, 5.41) is 23.4. The fourth-order valence-corrected chi connectivity index (χ4v) is 11.5. The summed E-state index contributed by atoms with van der Waals surface area (Å²) in [6, 6.07) is -6.87. The Morgan fingerprint density at radius 2 is 0.944 bits per heavy atom. The summed E-state index contributed by atoms with van der Waals surface area (Å²) < 4.78 is 0. The lowest BCUT2D eigenvalue weighted by Gasteiger charge is -2.41. The van der Waals surface area contributed by atoms with E-state index in [9.17, 15) is 38.7 Å². The van der Waals surface area contributed by atoms with Gasteiger partial charge >= 0.3 is 0 Å². The van der Waals surface area contributed by atoms with Crippen molar-refractivity contribution in [2.45, 2.75) is 229 Å². The Morgan fingerprint density at radius 1 is 0.489 bits per heavy atom. The largest absolute Gasteiger partial charge is 0.390 e. The quantitative estimate of drug-likeness (QED) is 0.149. The second-order valence-electron chi connectivity index (χ2n) is 27.5. The van der Waals surface area contributed by atoms with Crippen LogP contribution in [0.25, 0.3) is 0 Å². The summed E-state index contributed by atoms with van der Waals surface area (Å²) in [7, 11) is 9.95. The Hall–Kier alpha value is -6.72. The number of carbonyl (C=O) groups is 11. The number of aromatic nitrogens is 1. The van der Waals surface area contributed by atoms with Gasteiger partial charge in [-0.2, -0.15) is 0 Å². The highest BCUT2D eigenvalue weighted by atomic mass is 16.3. The molecule has 2 rings (SSSR count). The number of hydrogen-bond acceptors (Lipinski definition) is 13. The first-order chi connectivity index (χ1) is 41.7. The molecule has 0 saturated carbocycles. The number of nitrogens with one attached hydrogen (secondary N) is 4. The Labute approximate surface area is 537 Å². The third-order valence-electron chi connectivity index (χ3n) is 17.2. The van der Waals surface area contributed by atoms with E-state index in [0.29, 0.717) is 19.3 Å². The smallest absolute Gasteiger partial charge is 0.246 e. The van der Waals surface area contributed by atoms with Gasteiger partial charge in [0.25, 0.3) is 0 Å². The third-order valence-corrected chi connectivity index (χ3v) is 17.2. The zero-order valence-electron chi connectivity index (χ0n) is 58.6. The molecule has 1 fully saturated rings. The van der Waals surface area contributed by atoms with Crippen molar-refractivity contribution < 1.29 is 57.8 Å². The molecule has 2 heterocycles. The molecule has 0 spiro atoms. The van der Waals surface area contributed by atoms with Gasteiger partial charge in [0.05, 0.1) is 12.6 Å². The van der Waals surface area contributed by atoms with Crippen LogP contribution in [-0.4, -0.2) is 232 Å². The lowest BCUT2D eigenvalue weighted by molar-refractivity contribution is -0.157. The molecule has 11 amide bonds. The first-order valence-corrected chi connectivity index (χ1v) is 32.4. The second kappa shape index (κ2) is 36.4. The summed E-state index contributed by atoms with van der Waals surface area (Å²) >= 11 is 0. The summed E-state index contributed by atoms with van der Waals surface area (Å²) in [5.74, 6) is -9.78. The molecule has 0 unspecified atom stereocenters. The average molecular weight is 1270 g/mol. The molecule has 1 aliphatic heterocycles. The number of carbonyl (C=O) groups excluding carboxylic acids is 11. The van der Waals surface area contributed by atoms with Crippen molar-refractivity contribution >= 4 is 65.0 Å². The molecular weight excluding hydrogens is 1150 g/mol. The van der Waals surface area contributed by atoms with Gasteiger partial charge in [0.15, 0.2) is 0 Å². The van der Waals surface area contributed by atoms with E-state index < -0.39 is 156 Å². The van der Waals surface area contributed by atoms with Crippen LogP contribution < -0.4 is 21.3 Å². The van der Waals surface area contributed by atoms with Crippen LogP contribution in [0.2, 0.25) is 0 Å². The summed E-state index contributed by atoms with van der Waals surface area (Å²) in [6.07, 6.45) is 2.29. The molecule has 90 heavy (non-hydrogen) atoms. The van der Waals surface area contributed by atoms with E-state index in [0.717, 1.165) is 15.5 Å². The van der Waals surface area contributed by atoms with Gasteiger partial charge in [-0.1, -0.05) is 103 Å². The Morgan fingerprint density at radius 3 is 1.42 bits per heavy atom. The minimum atomic E-state index is -1.63. The molecule has 1 saturated heterocycles. The van der Waals surface area contributed by atoms with Gasteiger partial charge in [0.1, 0.15) is 60.4 Å². The molecule has 510 valence electrons. The van der Waals surface area contributed by atoms with Crippen LogP contribution in [0.3, 0.4) is 0 Å². The van der Waals surface area contributed by atoms with Gasteiger partial charge in [-0.25, -0.2) is 0 Å². The molecule has 5 N–H and O–H groups in total. The van der Waals surface area contributed by atoms with E-state index >= 15 is 19.2 Å². The average Bonchev–Trinajstić information content (AvgIpc) is 0.874. The SMILES string of the molecule is CC[C@@H]1NC(=O)[C@@H]([C@H](O)[C@H](C)CCCc2ccccn2)N(C)C(=O)[C@H](C(C)C)N(C)C(=O)[C@H](CC(C)C)N(C)C(=O)[C@H](CC(C)C)N(C)C(=O)[C@@H](C)NC(=O)[C@H](C)NC(=O)[C@H](CC(C)C)N(C)C(=O)[C@H](C(C)C)NC(=O)[C@H](CC(C)C)N(C)C(=O)CN(C)C1=O. The maximum atomic E-state index is 15.3. The molecule has 1 aromatic heterocycles. The van der Waals surface area contributed by atoms with Crippen LogP contribution in [-0.2, 0) is 59.2 Å². The molecule has 1 aliphatic rings. The number of rotatable bonds is 17. The molecule has 12 atom stereocenters. The van der Waals surface area contributed by atoms with Crippen LogP contribution in [0, 0.1) is 41.4 Å². The predicted molar refractivity (Wildman–Crippen MR) is 346 cm³/mol. The zero-order chi connectivity index (χ0) is 69.1. The fourth-order valence-electron chi connectivity index (χ4n) is 11.5. The second-order valence-corrected chi connectivity index (χ2v) is 27.5. The van der Waals surface area contributed by atoms with Crippen LogP contribution in [0.1, 0.15) is 161 Å². The third kappa shape index (κ3) is 22.3. The highest BCUT2D eigenvalue weighted by Gasteiger charge is 2.46. The monoisotopic (exact) mass is 1270 g/mol. The van der Waals surface area contributed by atoms with Gasteiger partial charge in [-0.3, -0.25) is 57.7 Å². The number of amides is 11. The molecule has 24 nitrogen and oxygen atoms in total. The predicted octanol–water partition coefficient (Wildman–Crippen LogP) is 3.72. The highest BCUT2D eigenvalue weighted by Crippen LogP contribution is 2.26. The minimum absolute atomic E-state index is 0.0144. The van der Waals surface area contributed by atoms with E-state index in [1.165, 1.54) is 87.7 Å². The molecule has 24 heteroatoms. The maximum absolute atomic E-state index is 15.3. The lowest BCUT2D eigenvalue weighted by Crippen LogP contribution is -2.63. The summed E-state index contributed by atoms with van der Waals surface area (Å²) in [6.45, 7) is 27.6. The molecule has 0 aromatic carbocycles. The van der Waals surface area contributed by atoms with E-state index in [1.54, 1.807) is 53.8 Å². The number of likely N-dealkylation sites (N-methyl/N-ethyl adjacent to an activating group) is 7. The van der Waals surface area contributed by atoms with Crippen molar-refractivity contribution in [3.63, 3.8) is 0 Å². The van der Waals surface area contributed by atoms with Crippen molar-refractivity contribution in [2.24, 2.45) is 41.4 Å². The van der Waals surface area contributed by atoms with Crippen LogP contribution in [0.4, 0.5) is 0 Å². The maximum Gasteiger partial charge on any atom is 0.246 e. The summed E-state index contributed by atoms with van der Waals surface area (Å²) in [4.78, 5) is 174. The van der Waals surface area contributed by atoms with Crippen LogP contribution in [0.5, 0.6) is 0 Å². The number of pyridine rings is 1. The molecular formula is C66H114N12O12. The van der Waals surface area contributed by atoms with Crippen molar-refractivity contribution in [1.29, 1.82) is 0 Å². The topological polar surface area (TPSA) is 292 Å². The Kier molecular flexibility index (Phi) is 32.1. The number of nitrogens with zero attached hydrogens (tertiary/aromatic N) is 8. The van der Waals surface area contributed by atoms with Gasteiger partial charge < -0.3 is 60.7 Å². The van der Waals surface area contributed by atoms with Gasteiger partial charge in [-0.15, -0.1) is 0 Å². The van der Waals surface area contributed by atoms with E-state index in [1.807, 2.05) is 67.5 Å². The van der Waals surface area contributed by atoms with Gasteiger partial charge in [0, 0.05) is 61.2 Å². The molecule has 0 radical (unpaired) electrons. The molecule has 0 bridgehead atoms. The zero-order valence-corrected chi connectivity index (χ0v) is 58.6. The van der Waals surface area contributed by atoms with Crippen molar-refractivity contribution in [1.82, 2.24) is 60.6 Å². The first-order valence-electron chi connectivity index (χ1n) is 32.4. The fraction of sp³-hybridized carbons (Fsp3) is 0.758. The van der Waals surface area contributed by atoms with Crippen molar-refractivity contribution in [2.75, 3.05) is 55.9 Å². The first kappa shape index (κ1) is 79.4. The highest BCUT2D eigenvalue weighted by molar-refractivity contribution is 5.99. The van der Waals surface area contributed by atoms with Crippen molar-refractivity contribution in [3.8, 4) is 0 Å². The van der Waals surface area contributed by atoms with Gasteiger partial charge in [-0.05, 0) is 119 Å². The van der Waals surface area contributed by atoms with Crippen LogP contribution >= 0.6 is 0 Å². The van der Waals surface area contributed by atoms with Crippen molar-refractivity contribution in [3.05, 3.63) is 30.1 Å². The minimum Gasteiger partial charge on any atom is -0.390 e.